The van der Waals surface area contributed by atoms with Crippen molar-refractivity contribution in [1.82, 2.24) is 15.5 Å². The number of amides is 1. The molecule has 1 amide bonds. The second kappa shape index (κ2) is 10.8. The summed E-state index contributed by atoms with van der Waals surface area (Å²) >= 11 is 3.74. The van der Waals surface area contributed by atoms with Gasteiger partial charge in [0.05, 0.1) is 0 Å². The monoisotopic (exact) mass is 508 g/mol. The Kier molecular flexibility index (Phi) is 9.02. The van der Waals surface area contributed by atoms with E-state index in [0.29, 0.717) is 6.04 Å². The van der Waals surface area contributed by atoms with Crippen LogP contribution in [0.15, 0.2) is 16.4 Å². The van der Waals surface area contributed by atoms with Crippen molar-refractivity contribution in [3.63, 3.8) is 0 Å². The van der Waals surface area contributed by atoms with Crippen LogP contribution in [-0.2, 0) is 17.8 Å². The van der Waals surface area contributed by atoms with Gasteiger partial charge in [-0.3, -0.25) is 4.79 Å². The summed E-state index contributed by atoms with van der Waals surface area (Å²) in [5.74, 6) is 0.887. The van der Waals surface area contributed by atoms with Crippen LogP contribution in [0.2, 0.25) is 0 Å². The molecule has 0 bridgehead atoms. The molecular weight excluding hydrogens is 479 g/mol. The number of rotatable bonds is 5. The number of hydrogen-bond donors (Lipinski definition) is 2. The molecule has 146 valence electrons. The minimum Gasteiger partial charge on any atom is -0.357 e. The van der Waals surface area contributed by atoms with Gasteiger partial charge in [-0.25, -0.2) is 4.99 Å². The third-order valence-electron chi connectivity index (χ3n) is 4.94. The molecule has 2 atom stereocenters. The summed E-state index contributed by atoms with van der Waals surface area (Å²) in [6.45, 7) is 4.62. The number of aliphatic imine (C=N–C) groups is 1. The van der Waals surface area contributed by atoms with Crippen LogP contribution in [0, 0.1) is 0 Å². The topological polar surface area (TPSA) is 56.7 Å². The van der Waals surface area contributed by atoms with Gasteiger partial charge in [-0.05, 0) is 55.9 Å². The van der Waals surface area contributed by atoms with Crippen LogP contribution in [0.4, 0.5) is 0 Å². The van der Waals surface area contributed by atoms with Crippen LogP contribution < -0.4 is 10.6 Å². The zero-order chi connectivity index (χ0) is 17.6. The molecule has 3 rings (SSSR count). The maximum atomic E-state index is 12.5. The standard InChI is InChI=1S/C18H28N4OS2.HI/c1-3-19-18(21-14-4-5-15(10-14)24-2)20-11-17(23)22-8-6-16-13(12-22)7-9-25-16;/h7,9,14-15H,3-6,8,10-12H2,1-2H3,(H2,19,20,21);1H. The Labute approximate surface area is 181 Å². The lowest BCUT2D eigenvalue weighted by Gasteiger charge is -2.26. The van der Waals surface area contributed by atoms with Crippen LogP contribution in [0.1, 0.15) is 36.6 Å². The van der Waals surface area contributed by atoms with Crippen LogP contribution in [0.5, 0.6) is 0 Å². The van der Waals surface area contributed by atoms with Crippen LogP contribution >= 0.6 is 47.1 Å². The van der Waals surface area contributed by atoms with Crippen molar-refractivity contribution in [2.45, 2.75) is 50.4 Å². The van der Waals surface area contributed by atoms with Crippen molar-refractivity contribution >= 4 is 58.9 Å². The van der Waals surface area contributed by atoms with E-state index in [1.54, 1.807) is 11.3 Å². The first kappa shape index (κ1) is 21.8. The summed E-state index contributed by atoms with van der Waals surface area (Å²) < 4.78 is 0. The average molecular weight is 508 g/mol. The molecule has 0 saturated heterocycles. The largest absolute Gasteiger partial charge is 0.357 e. The minimum absolute atomic E-state index is 0. The highest BCUT2D eigenvalue weighted by atomic mass is 127. The predicted octanol–water partition coefficient (Wildman–Crippen LogP) is 3.09. The molecule has 0 spiro atoms. The van der Waals surface area contributed by atoms with Gasteiger partial charge in [-0.15, -0.1) is 35.3 Å². The van der Waals surface area contributed by atoms with E-state index in [1.165, 1.54) is 29.7 Å². The molecular formula is C18H29IN4OS2. The molecule has 1 aliphatic carbocycles. The van der Waals surface area contributed by atoms with Gasteiger partial charge in [-0.1, -0.05) is 0 Å². The quantitative estimate of drug-likeness (QED) is 0.365. The van der Waals surface area contributed by atoms with Crippen molar-refractivity contribution in [3.05, 3.63) is 21.9 Å². The summed E-state index contributed by atoms with van der Waals surface area (Å²) in [4.78, 5) is 20.4. The summed E-state index contributed by atoms with van der Waals surface area (Å²) in [6.07, 6.45) is 6.76. The SMILES string of the molecule is CCNC(=NCC(=O)N1CCc2sccc2C1)NC1CCC(SC)C1.I. The van der Waals surface area contributed by atoms with Gasteiger partial charge in [-0.2, -0.15) is 11.8 Å². The number of carbonyl (C=O) groups is 1. The third kappa shape index (κ3) is 5.76. The molecule has 2 heterocycles. The highest BCUT2D eigenvalue weighted by molar-refractivity contribution is 14.0. The van der Waals surface area contributed by atoms with Crippen molar-refractivity contribution in [1.29, 1.82) is 0 Å². The maximum absolute atomic E-state index is 12.5. The van der Waals surface area contributed by atoms with E-state index in [1.807, 2.05) is 16.7 Å². The Morgan fingerprint density at radius 2 is 2.31 bits per heavy atom. The number of nitrogens with one attached hydrogen (secondary N) is 2. The second-order valence-corrected chi connectivity index (χ2v) is 8.78. The highest BCUT2D eigenvalue weighted by Gasteiger charge is 2.25. The first-order chi connectivity index (χ1) is 12.2. The first-order valence-electron chi connectivity index (χ1n) is 9.10. The van der Waals surface area contributed by atoms with Gasteiger partial charge in [0.1, 0.15) is 6.54 Å². The van der Waals surface area contributed by atoms with Crippen molar-refractivity contribution in [2.24, 2.45) is 4.99 Å². The van der Waals surface area contributed by atoms with Crippen molar-refractivity contribution < 1.29 is 4.79 Å². The number of carbonyl (C=O) groups excluding carboxylic acids is 1. The molecule has 1 aromatic heterocycles. The highest BCUT2D eigenvalue weighted by Crippen LogP contribution is 2.28. The Bertz CT molecular complexity index is 622. The molecule has 0 radical (unpaired) electrons. The normalized spacial score (nSPS) is 22.5. The first-order valence-corrected chi connectivity index (χ1v) is 11.3. The summed E-state index contributed by atoms with van der Waals surface area (Å²) in [5.41, 5.74) is 1.30. The molecule has 2 aliphatic rings. The smallest absolute Gasteiger partial charge is 0.244 e. The van der Waals surface area contributed by atoms with E-state index in [9.17, 15) is 4.79 Å². The second-order valence-electron chi connectivity index (χ2n) is 6.64. The molecule has 1 aliphatic heterocycles. The van der Waals surface area contributed by atoms with Crippen LogP contribution in [0.25, 0.3) is 0 Å². The Balaban J connectivity index is 0.00000243. The van der Waals surface area contributed by atoms with Gasteiger partial charge in [0.15, 0.2) is 5.96 Å². The van der Waals surface area contributed by atoms with E-state index >= 15 is 0 Å². The van der Waals surface area contributed by atoms with Gasteiger partial charge in [0, 0.05) is 35.8 Å². The summed E-state index contributed by atoms with van der Waals surface area (Å²) in [6, 6.07) is 2.60. The molecule has 1 aromatic rings. The van der Waals surface area contributed by atoms with Gasteiger partial charge < -0.3 is 15.5 Å². The number of halogens is 1. The number of guanidine groups is 1. The van der Waals surface area contributed by atoms with Gasteiger partial charge in [0.25, 0.3) is 0 Å². The number of hydrogen-bond acceptors (Lipinski definition) is 4. The van der Waals surface area contributed by atoms with Crippen molar-refractivity contribution in [2.75, 3.05) is 25.9 Å². The van der Waals surface area contributed by atoms with Crippen LogP contribution in [0.3, 0.4) is 0 Å². The number of thiophene rings is 1. The molecule has 2 unspecified atom stereocenters. The fraction of sp³-hybridized carbons (Fsp3) is 0.667. The lowest BCUT2D eigenvalue weighted by Crippen LogP contribution is -2.43. The van der Waals surface area contributed by atoms with E-state index in [0.717, 1.165) is 37.3 Å². The Morgan fingerprint density at radius 1 is 1.46 bits per heavy atom. The number of thioether (sulfide) groups is 1. The zero-order valence-corrected chi connectivity index (χ0v) is 19.5. The molecule has 2 N–H and O–H groups in total. The van der Waals surface area contributed by atoms with E-state index in [2.05, 4.69) is 40.3 Å². The molecule has 5 nitrogen and oxygen atoms in total. The van der Waals surface area contributed by atoms with Crippen LogP contribution in [-0.4, -0.2) is 53.9 Å². The van der Waals surface area contributed by atoms with Crippen molar-refractivity contribution in [3.8, 4) is 0 Å². The average Bonchev–Trinajstić information content (AvgIpc) is 3.27. The fourth-order valence-corrected chi connectivity index (χ4v) is 5.19. The predicted molar refractivity (Wildman–Crippen MR) is 123 cm³/mol. The molecule has 1 saturated carbocycles. The summed E-state index contributed by atoms with van der Waals surface area (Å²) in [5, 5.41) is 9.65. The Hall–Kier alpha value is -0.480. The fourth-order valence-electron chi connectivity index (χ4n) is 3.51. The molecule has 8 heteroatoms. The minimum atomic E-state index is 0. The van der Waals surface area contributed by atoms with Gasteiger partial charge in [0.2, 0.25) is 5.91 Å². The Morgan fingerprint density at radius 3 is 3.04 bits per heavy atom. The number of nitrogens with zero attached hydrogens (tertiary/aromatic N) is 2. The maximum Gasteiger partial charge on any atom is 0.244 e. The number of fused-ring (bicyclic) bond motifs is 1. The zero-order valence-electron chi connectivity index (χ0n) is 15.5. The van der Waals surface area contributed by atoms with Gasteiger partial charge >= 0.3 is 0 Å². The lowest BCUT2D eigenvalue weighted by molar-refractivity contribution is -0.130. The lowest BCUT2D eigenvalue weighted by atomic mass is 10.1. The molecule has 0 aromatic carbocycles. The molecule has 26 heavy (non-hydrogen) atoms. The molecule has 1 fully saturated rings. The summed E-state index contributed by atoms with van der Waals surface area (Å²) in [7, 11) is 0. The van der Waals surface area contributed by atoms with E-state index in [-0.39, 0.29) is 36.4 Å². The third-order valence-corrected chi connectivity index (χ3v) is 7.05. The van der Waals surface area contributed by atoms with E-state index in [4.69, 9.17) is 0 Å². The van der Waals surface area contributed by atoms with E-state index < -0.39 is 0 Å².